The molecule has 0 aliphatic carbocycles. The van der Waals surface area contributed by atoms with Crippen molar-refractivity contribution in [3.63, 3.8) is 0 Å². The van der Waals surface area contributed by atoms with Crippen LogP contribution in [0.1, 0.15) is 22.8 Å². The van der Waals surface area contributed by atoms with Gasteiger partial charge in [-0.15, -0.1) is 0 Å². The zero-order valence-corrected chi connectivity index (χ0v) is 8.45. The number of rotatable bonds is 4. The highest BCUT2D eigenvalue weighted by atomic mass is 16.4. The molecule has 0 aliphatic heterocycles. The van der Waals surface area contributed by atoms with Gasteiger partial charge in [0, 0.05) is 6.04 Å². The number of nitrogens with one attached hydrogen (secondary N) is 1. The van der Waals surface area contributed by atoms with E-state index in [4.69, 9.17) is 5.11 Å². The van der Waals surface area contributed by atoms with E-state index in [1.807, 2.05) is 26.1 Å². The fraction of sp³-hybridized carbons (Fsp3) is 0.364. The molecular weight excluding hydrogens is 178 g/mol. The topological polar surface area (TPSA) is 49.3 Å². The molecule has 0 unspecified atom stereocenters. The molecule has 0 saturated heterocycles. The van der Waals surface area contributed by atoms with E-state index in [0.717, 1.165) is 12.0 Å². The minimum Gasteiger partial charge on any atom is -0.478 e. The lowest BCUT2D eigenvalue weighted by atomic mass is 10.0. The zero-order valence-electron chi connectivity index (χ0n) is 8.45. The first kappa shape index (κ1) is 10.7. The van der Waals surface area contributed by atoms with E-state index in [1.54, 1.807) is 12.1 Å². The van der Waals surface area contributed by atoms with Crippen LogP contribution in [0.5, 0.6) is 0 Å². The van der Waals surface area contributed by atoms with E-state index in [1.165, 1.54) is 0 Å². The molecule has 14 heavy (non-hydrogen) atoms. The summed E-state index contributed by atoms with van der Waals surface area (Å²) in [6.45, 7) is 2.03. The summed E-state index contributed by atoms with van der Waals surface area (Å²) < 4.78 is 0. The summed E-state index contributed by atoms with van der Waals surface area (Å²) in [5, 5.41) is 12.0. The van der Waals surface area contributed by atoms with E-state index < -0.39 is 5.97 Å². The van der Waals surface area contributed by atoms with Crippen molar-refractivity contribution in [2.24, 2.45) is 0 Å². The smallest absolute Gasteiger partial charge is 0.335 e. The number of carboxylic acid groups (broad SMARTS) is 1. The molecule has 3 heteroatoms. The SMILES string of the molecule is CN[C@H](C)Cc1ccccc1C(=O)O. The van der Waals surface area contributed by atoms with Crippen LogP contribution in [-0.4, -0.2) is 24.2 Å². The molecule has 0 aliphatic rings. The molecule has 3 nitrogen and oxygen atoms in total. The molecule has 0 spiro atoms. The summed E-state index contributed by atoms with van der Waals surface area (Å²) >= 11 is 0. The highest BCUT2D eigenvalue weighted by Gasteiger charge is 2.10. The van der Waals surface area contributed by atoms with Gasteiger partial charge in [0.2, 0.25) is 0 Å². The molecule has 2 N–H and O–H groups in total. The monoisotopic (exact) mass is 193 g/mol. The van der Waals surface area contributed by atoms with Crippen LogP contribution in [0.15, 0.2) is 24.3 Å². The third-order valence-electron chi connectivity index (χ3n) is 2.27. The molecule has 1 rings (SSSR count). The minimum atomic E-state index is -0.857. The van der Waals surface area contributed by atoms with Gasteiger partial charge in [-0.25, -0.2) is 4.79 Å². The van der Waals surface area contributed by atoms with Crippen molar-refractivity contribution >= 4 is 5.97 Å². The molecular formula is C11H15NO2. The van der Waals surface area contributed by atoms with Crippen LogP contribution >= 0.6 is 0 Å². The highest BCUT2D eigenvalue weighted by Crippen LogP contribution is 2.10. The molecule has 0 aromatic heterocycles. The first-order chi connectivity index (χ1) is 6.65. The van der Waals surface area contributed by atoms with Crippen LogP contribution in [0.4, 0.5) is 0 Å². The number of benzene rings is 1. The Balaban J connectivity index is 2.90. The van der Waals surface area contributed by atoms with Crippen molar-refractivity contribution in [3.05, 3.63) is 35.4 Å². The maximum atomic E-state index is 10.9. The highest BCUT2D eigenvalue weighted by molar-refractivity contribution is 5.89. The van der Waals surface area contributed by atoms with Gasteiger partial charge in [0.05, 0.1) is 5.56 Å². The van der Waals surface area contributed by atoms with Gasteiger partial charge in [-0.3, -0.25) is 0 Å². The molecule has 76 valence electrons. The van der Waals surface area contributed by atoms with Crippen LogP contribution in [0.3, 0.4) is 0 Å². The number of hydrogen-bond donors (Lipinski definition) is 2. The van der Waals surface area contributed by atoms with Gasteiger partial charge in [-0.1, -0.05) is 18.2 Å². The van der Waals surface area contributed by atoms with Crippen molar-refractivity contribution in [2.75, 3.05) is 7.05 Å². The Bertz CT molecular complexity index is 323. The second kappa shape index (κ2) is 4.77. The Morgan fingerprint density at radius 2 is 2.14 bits per heavy atom. The van der Waals surface area contributed by atoms with Gasteiger partial charge in [-0.05, 0) is 32.0 Å². The van der Waals surface area contributed by atoms with E-state index in [-0.39, 0.29) is 6.04 Å². The summed E-state index contributed by atoms with van der Waals surface area (Å²) in [5.74, 6) is -0.857. The number of hydrogen-bond acceptors (Lipinski definition) is 2. The van der Waals surface area contributed by atoms with E-state index in [0.29, 0.717) is 5.56 Å². The lowest BCUT2D eigenvalue weighted by Crippen LogP contribution is -2.24. The second-order valence-corrected chi connectivity index (χ2v) is 3.36. The van der Waals surface area contributed by atoms with E-state index in [9.17, 15) is 4.79 Å². The van der Waals surface area contributed by atoms with E-state index in [2.05, 4.69) is 5.32 Å². The van der Waals surface area contributed by atoms with Crippen molar-refractivity contribution in [1.29, 1.82) is 0 Å². The van der Waals surface area contributed by atoms with Crippen LogP contribution in [0, 0.1) is 0 Å². The Morgan fingerprint density at radius 1 is 1.50 bits per heavy atom. The average Bonchev–Trinajstić information content (AvgIpc) is 2.18. The Kier molecular flexibility index (Phi) is 3.65. The predicted molar refractivity (Wildman–Crippen MR) is 55.6 cm³/mol. The lowest BCUT2D eigenvalue weighted by Gasteiger charge is -2.11. The minimum absolute atomic E-state index is 0.287. The van der Waals surface area contributed by atoms with Gasteiger partial charge in [0.15, 0.2) is 0 Å². The summed E-state index contributed by atoms with van der Waals surface area (Å²) in [6.07, 6.45) is 0.735. The Morgan fingerprint density at radius 3 is 2.71 bits per heavy atom. The normalized spacial score (nSPS) is 12.4. The van der Waals surface area contributed by atoms with Gasteiger partial charge >= 0.3 is 5.97 Å². The molecule has 0 bridgehead atoms. The van der Waals surface area contributed by atoms with Gasteiger partial charge < -0.3 is 10.4 Å². The van der Waals surface area contributed by atoms with Crippen molar-refractivity contribution in [1.82, 2.24) is 5.32 Å². The molecule has 1 atom stereocenters. The summed E-state index contributed by atoms with van der Waals surface area (Å²) in [4.78, 5) is 10.9. The quantitative estimate of drug-likeness (QED) is 0.762. The lowest BCUT2D eigenvalue weighted by molar-refractivity contribution is 0.0695. The average molecular weight is 193 g/mol. The van der Waals surface area contributed by atoms with Crippen molar-refractivity contribution in [2.45, 2.75) is 19.4 Å². The number of aromatic carboxylic acids is 1. The van der Waals surface area contributed by atoms with E-state index >= 15 is 0 Å². The van der Waals surface area contributed by atoms with Crippen LogP contribution < -0.4 is 5.32 Å². The molecule has 1 aromatic rings. The summed E-state index contributed by atoms with van der Waals surface area (Å²) in [7, 11) is 1.87. The first-order valence-corrected chi connectivity index (χ1v) is 4.63. The molecule has 0 radical (unpaired) electrons. The Labute approximate surface area is 83.8 Å². The van der Waals surface area contributed by atoms with Gasteiger partial charge in [0.1, 0.15) is 0 Å². The predicted octanol–water partition coefficient (Wildman–Crippen LogP) is 1.54. The first-order valence-electron chi connectivity index (χ1n) is 4.63. The number of likely N-dealkylation sites (N-methyl/N-ethyl adjacent to an activating group) is 1. The van der Waals surface area contributed by atoms with Crippen molar-refractivity contribution in [3.8, 4) is 0 Å². The van der Waals surface area contributed by atoms with Crippen molar-refractivity contribution < 1.29 is 9.90 Å². The molecule has 0 saturated carbocycles. The number of carbonyl (C=O) groups is 1. The van der Waals surface area contributed by atoms with Gasteiger partial charge in [0.25, 0.3) is 0 Å². The standard InChI is InChI=1S/C11H15NO2/c1-8(12-2)7-9-5-3-4-6-10(9)11(13)14/h3-6,8,12H,7H2,1-2H3,(H,13,14)/t8-/m1/s1. The van der Waals surface area contributed by atoms with Crippen LogP contribution in [-0.2, 0) is 6.42 Å². The fourth-order valence-corrected chi connectivity index (χ4v) is 1.34. The zero-order chi connectivity index (χ0) is 10.6. The summed E-state index contributed by atoms with van der Waals surface area (Å²) in [5.41, 5.74) is 1.27. The fourth-order valence-electron chi connectivity index (χ4n) is 1.34. The number of carboxylic acids is 1. The summed E-state index contributed by atoms with van der Waals surface area (Å²) in [6, 6.07) is 7.40. The molecule has 0 fully saturated rings. The largest absolute Gasteiger partial charge is 0.478 e. The van der Waals surface area contributed by atoms with Crippen LogP contribution in [0.25, 0.3) is 0 Å². The maximum absolute atomic E-state index is 10.9. The van der Waals surface area contributed by atoms with Crippen LogP contribution in [0.2, 0.25) is 0 Å². The molecule has 1 aromatic carbocycles. The second-order valence-electron chi connectivity index (χ2n) is 3.36. The maximum Gasteiger partial charge on any atom is 0.335 e. The third-order valence-corrected chi connectivity index (χ3v) is 2.27. The molecule has 0 heterocycles. The third kappa shape index (κ3) is 2.57. The Hall–Kier alpha value is -1.35. The molecule has 0 amide bonds. The van der Waals surface area contributed by atoms with Gasteiger partial charge in [-0.2, -0.15) is 0 Å².